The number of halogens is 1. The Morgan fingerprint density at radius 1 is 1.26 bits per heavy atom. The number of Topliss-reactive ketones (excluding diaryl/α,β-unsaturated/α-hetero) is 1. The predicted octanol–water partition coefficient (Wildman–Crippen LogP) is 2.33. The van der Waals surface area contributed by atoms with Gasteiger partial charge in [0, 0.05) is 51.4 Å². The van der Waals surface area contributed by atoms with Gasteiger partial charge in [0.05, 0.1) is 11.9 Å². The summed E-state index contributed by atoms with van der Waals surface area (Å²) in [7, 11) is 3.73. The number of amides is 1. The zero-order valence-corrected chi connectivity index (χ0v) is 18.5. The fourth-order valence-corrected chi connectivity index (χ4v) is 3.70. The maximum Gasteiger partial charge on any atom is 0.275 e. The number of nitrogens with zero attached hydrogens (tertiary/aromatic N) is 5. The highest BCUT2D eigenvalue weighted by Gasteiger charge is 2.36. The number of hydrogen-bond donors (Lipinski definition) is 1. The lowest BCUT2D eigenvalue weighted by atomic mass is 10.1. The Morgan fingerprint density at radius 3 is 2.71 bits per heavy atom. The molecule has 1 fully saturated rings. The number of nitrogens with one attached hydrogen (secondary N) is 1. The summed E-state index contributed by atoms with van der Waals surface area (Å²) in [6.45, 7) is 5.29. The van der Waals surface area contributed by atoms with Crippen LogP contribution in [-0.2, 0) is 9.59 Å². The second kappa shape index (κ2) is 8.68. The van der Waals surface area contributed by atoms with E-state index in [4.69, 9.17) is 16.3 Å². The fourth-order valence-electron chi connectivity index (χ4n) is 3.57. The first-order chi connectivity index (χ1) is 14.9. The van der Waals surface area contributed by atoms with E-state index < -0.39 is 6.10 Å². The van der Waals surface area contributed by atoms with E-state index in [2.05, 4.69) is 32.1 Å². The summed E-state index contributed by atoms with van der Waals surface area (Å²) in [5, 5.41) is 3.60. The van der Waals surface area contributed by atoms with Crippen molar-refractivity contribution in [2.45, 2.75) is 19.4 Å². The van der Waals surface area contributed by atoms with Crippen molar-refractivity contribution < 1.29 is 14.3 Å². The van der Waals surface area contributed by atoms with Crippen LogP contribution in [0.2, 0.25) is 5.02 Å². The van der Waals surface area contributed by atoms with Crippen molar-refractivity contribution in [1.82, 2.24) is 14.9 Å². The molecule has 0 radical (unpaired) electrons. The van der Waals surface area contributed by atoms with E-state index in [1.54, 1.807) is 32.3 Å². The summed E-state index contributed by atoms with van der Waals surface area (Å²) in [4.78, 5) is 39.4. The molecule has 1 saturated heterocycles. The van der Waals surface area contributed by atoms with E-state index in [1.165, 1.54) is 4.90 Å². The first-order valence-corrected chi connectivity index (χ1v) is 10.6. The van der Waals surface area contributed by atoms with Gasteiger partial charge in [0.15, 0.2) is 11.6 Å². The monoisotopic (exact) mass is 444 g/mol. The maximum atomic E-state index is 12.4. The van der Waals surface area contributed by atoms with Gasteiger partial charge in [-0.15, -0.1) is 0 Å². The summed E-state index contributed by atoms with van der Waals surface area (Å²) in [6, 6.07) is 5.31. The summed E-state index contributed by atoms with van der Waals surface area (Å²) in [6.07, 6.45) is 0.689. The molecule has 0 spiro atoms. The quantitative estimate of drug-likeness (QED) is 0.702. The number of carbonyl (C=O) groups excluding carboxylic acids is 2. The first kappa shape index (κ1) is 21.3. The zero-order chi connectivity index (χ0) is 22.1. The molecule has 1 unspecified atom stereocenters. The highest BCUT2D eigenvalue weighted by Crippen LogP contribution is 2.37. The van der Waals surface area contributed by atoms with Crippen molar-refractivity contribution in [3.63, 3.8) is 0 Å². The summed E-state index contributed by atoms with van der Waals surface area (Å²) < 4.78 is 5.75. The van der Waals surface area contributed by atoms with Gasteiger partial charge in [0.1, 0.15) is 10.8 Å². The Bertz CT molecular complexity index is 1010. The molecule has 9 nitrogen and oxygen atoms in total. The lowest BCUT2D eigenvalue weighted by Crippen LogP contribution is -2.48. The van der Waals surface area contributed by atoms with Crippen LogP contribution in [0.15, 0.2) is 24.4 Å². The number of piperazine rings is 1. The molecule has 4 rings (SSSR count). The molecule has 0 bridgehead atoms. The molecule has 164 valence electrons. The minimum atomic E-state index is -1.12. The number of aromatic nitrogens is 2. The Hall–Kier alpha value is -2.91. The highest BCUT2D eigenvalue weighted by atomic mass is 35.5. The van der Waals surface area contributed by atoms with Crippen LogP contribution in [-0.4, -0.2) is 72.9 Å². The van der Waals surface area contributed by atoms with Crippen LogP contribution in [0, 0.1) is 0 Å². The number of hydrogen-bond acceptors (Lipinski definition) is 8. The predicted molar refractivity (Wildman–Crippen MR) is 120 cm³/mol. The average molecular weight is 445 g/mol. The van der Waals surface area contributed by atoms with Gasteiger partial charge >= 0.3 is 0 Å². The number of ketones is 1. The molecule has 1 aromatic heterocycles. The van der Waals surface area contributed by atoms with Crippen molar-refractivity contribution in [1.29, 1.82) is 0 Å². The van der Waals surface area contributed by atoms with Gasteiger partial charge in [-0.1, -0.05) is 18.5 Å². The summed E-state index contributed by atoms with van der Waals surface area (Å²) >= 11 is 6.33. The van der Waals surface area contributed by atoms with Gasteiger partial charge in [0.25, 0.3) is 5.91 Å². The maximum absolute atomic E-state index is 12.4. The van der Waals surface area contributed by atoms with Crippen LogP contribution >= 0.6 is 11.6 Å². The fraction of sp³-hybridized carbons (Fsp3) is 0.429. The third-order valence-electron chi connectivity index (χ3n) is 5.54. The Labute approximate surface area is 185 Å². The molecule has 0 saturated carbocycles. The van der Waals surface area contributed by atoms with Gasteiger partial charge < -0.3 is 24.8 Å². The molecule has 1 atom stereocenters. The van der Waals surface area contributed by atoms with E-state index in [0.717, 1.165) is 26.2 Å². The van der Waals surface area contributed by atoms with Crippen LogP contribution in [0.3, 0.4) is 0 Å². The molecule has 2 aromatic rings. The van der Waals surface area contributed by atoms with E-state index in [0.29, 0.717) is 33.9 Å². The average Bonchev–Trinajstić information content (AvgIpc) is 2.77. The molecule has 1 aromatic carbocycles. The van der Waals surface area contributed by atoms with Gasteiger partial charge in [0.2, 0.25) is 12.1 Å². The van der Waals surface area contributed by atoms with Crippen LogP contribution in [0.5, 0.6) is 5.75 Å². The van der Waals surface area contributed by atoms with Crippen molar-refractivity contribution in [2.75, 3.05) is 55.4 Å². The van der Waals surface area contributed by atoms with E-state index in [1.807, 2.05) is 6.07 Å². The summed E-state index contributed by atoms with van der Waals surface area (Å²) in [5.41, 5.74) is 1.27. The molecular weight excluding hydrogens is 420 g/mol. The Balaban J connectivity index is 1.57. The van der Waals surface area contributed by atoms with Gasteiger partial charge in [-0.2, -0.15) is 4.98 Å². The zero-order valence-electron chi connectivity index (χ0n) is 17.8. The number of ether oxygens (including phenoxy) is 1. The number of benzene rings is 1. The lowest BCUT2D eigenvalue weighted by molar-refractivity contribution is -0.137. The molecule has 3 heterocycles. The molecule has 1 N–H and O–H groups in total. The largest absolute Gasteiger partial charge is 0.470 e. The van der Waals surface area contributed by atoms with Crippen molar-refractivity contribution >= 4 is 46.4 Å². The Kier molecular flexibility index (Phi) is 5.97. The number of likely N-dealkylation sites (N-methyl/N-ethyl adjacent to an activating group) is 2. The van der Waals surface area contributed by atoms with E-state index >= 15 is 0 Å². The molecule has 2 aliphatic rings. The third kappa shape index (κ3) is 4.28. The smallest absolute Gasteiger partial charge is 0.275 e. The van der Waals surface area contributed by atoms with Crippen LogP contribution in [0.1, 0.15) is 13.3 Å². The second-order valence-corrected chi connectivity index (χ2v) is 8.09. The minimum absolute atomic E-state index is 0.225. The van der Waals surface area contributed by atoms with Gasteiger partial charge in [-0.25, -0.2) is 4.98 Å². The van der Waals surface area contributed by atoms with E-state index in [9.17, 15) is 9.59 Å². The van der Waals surface area contributed by atoms with Gasteiger partial charge in [-0.05, 0) is 19.2 Å². The summed E-state index contributed by atoms with van der Waals surface area (Å²) in [5.74, 6) is 0.927. The molecular formula is C21H25ClN6O3. The molecule has 10 heteroatoms. The number of carbonyl (C=O) groups is 2. The number of rotatable bonds is 5. The normalized spacial score (nSPS) is 19.1. The standard InChI is InChI=1S/C21H25ClN6O3/c1-4-16(29)18-20(30)27(3)15-6-5-13(11-17(15)31-18)24-19-14(22)12-23-21(25-19)28-9-7-26(2)8-10-28/h5-6,11-12,18H,4,7-10H2,1-3H3,(H,23,24,25). The highest BCUT2D eigenvalue weighted by molar-refractivity contribution is 6.32. The topological polar surface area (TPSA) is 90.9 Å². The molecule has 0 aliphatic carbocycles. The van der Waals surface area contributed by atoms with Crippen LogP contribution in [0.4, 0.5) is 23.1 Å². The number of anilines is 4. The van der Waals surface area contributed by atoms with Crippen molar-refractivity contribution in [2.24, 2.45) is 0 Å². The number of fused-ring (bicyclic) bond motifs is 1. The van der Waals surface area contributed by atoms with Crippen molar-refractivity contribution in [3.05, 3.63) is 29.4 Å². The first-order valence-electron chi connectivity index (χ1n) is 10.2. The van der Waals surface area contributed by atoms with E-state index in [-0.39, 0.29) is 18.1 Å². The Morgan fingerprint density at radius 2 is 2.00 bits per heavy atom. The van der Waals surface area contributed by atoms with Gasteiger partial charge in [-0.3, -0.25) is 9.59 Å². The third-order valence-corrected chi connectivity index (χ3v) is 5.82. The van der Waals surface area contributed by atoms with Crippen molar-refractivity contribution in [3.8, 4) is 5.75 Å². The minimum Gasteiger partial charge on any atom is -0.470 e. The van der Waals surface area contributed by atoms with Crippen LogP contribution in [0.25, 0.3) is 0 Å². The SMILES string of the molecule is CCC(=O)C1Oc2cc(Nc3nc(N4CCN(C)CC4)ncc3Cl)ccc2N(C)C1=O. The molecule has 1 amide bonds. The van der Waals surface area contributed by atoms with Crippen LogP contribution < -0.4 is 19.9 Å². The second-order valence-electron chi connectivity index (χ2n) is 7.68. The molecule has 2 aliphatic heterocycles. The molecule has 31 heavy (non-hydrogen) atoms. The lowest BCUT2D eigenvalue weighted by Gasteiger charge is -2.32.